The van der Waals surface area contributed by atoms with Crippen molar-refractivity contribution in [2.75, 3.05) is 13.1 Å². The van der Waals surface area contributed by atoms with Gasteiger partial charge < -0.3 is 15.1 Å². The highest BCUT2D eigenvalue weighted by Crippen LogP contribution is 2.12. The van der Waals surface area contributed by atoms with E-state index >= 15 is 0 Å². The first-order valence-electron chi connectivity index (χ1n) is 11.5. The Morgan fingerprint density at radius 3 is 1.56 bits per heavy atom. The molecular formula is C24H47NO2. The minimum Gasteiger partial charge on any atom is -0.392 e. The van der Waals surface area contributed by atoms with Crippen LogP contribution in [0.2, 0.25) is 0 Å². The molecule has 3 nitrogen and oxygen atoms in total. The SMILES string of the molecule is CCCCCCCCCCCCCC/C=C/C=C/N(CC(C)O)CC(C)O. The number of rotatable bonds is 19. The molecule has 27 heavy (non-hydrogen) atoms. The molecule has 0 saturated heterocycles. The van der Waals surface area contributed by atoms with Crippen molar-refractivity contribution in [3.05, 3.63) is 24.4 Å². The molecule has 0 heterocycles. The van der Waals surface area contributed by atoms with Crippen LogP contribution >= 0.6 is 0 Å². The normalized spacial score (nSPS) is 14.3. The van der Waals surface area contributed by atoms with E-state index in [1.54, 1.807) is 13.8 Å². The minimum atomic E-state index is -0.390. The van der Waals surface area contributed by atoms with Crippen molar-refractivity contribution in [3.63, 3.8) is 0 Å². The maximum absolute atomic E-state index is 9.50. The Morgan fingerprint density at radius 2 is 1.11 bits per heavy atom. The summed E-state index contributed by atoms with van der Waals surface area (Å²) in [5, 5.41) is 19.0. The van der Waals surface area contributed by atoms with E-state index in [9.17, 15) is 10.2 Å². The lowest BCUT2D eigenvalue weighted by Gasteiger charge is -2.23. The van der Waals surface area contributed by atoms with E-state index in [4.69, 9.17) is 0 Å². The second-order valence-electron chi connectivity index (χ2n) is 8.10. The third kappa shape index (κ3) is 21.4. The molecule has 0 aliphatic rings. The predicted molar refractivity (Wildman–Crippen MR) is 119 cm³/mol. The van der Waals surface area contributed by atoms with E-state index in [0.717, 1.165) is 6.42 Å². The molecule has 0 amide bonds. The lowest BCUT2D eigenvalue weighted by molar-refractivity contribution is 0.110. The van der Waals surface area contributed by atoms with E-state index < -0.39 is 12.2 Å². The van der Waals surface area contributed by atoms with E-state index in [0.29, 0.717) is 13.1 Å². The molecule has 0 rings (SSSR count). The number of hydrogen-bond acceptors (Lipinski definition) is 3. The molecule has 0 aliphatic carbocycles. The molecule has 2 unspecified atom stereocenters. The Kier molecular flexibility index (Phi) is 19.4. The summed E-state index contributed by atoms with van der Waals surface area (Å²) >= 11 is 0. The standard InChI is InChI=1S/C24H47NO2/c1-4-5-6-7-8-9-10-11-12-13-14-15-16-17-18-19-20-25(21-23(2)26)22-24(3)27/h17-20,23-24,26-27H,4-16,21-22H2,1-3H3/b18-17+,20-19+. The summed E-state index contributed by atoms with van der Waals surface area (Å²) < 4.78 is 0. The summed E-state index contributed by atoms with van der Waals surface area (Å²) in [4.78, 5) is 1.96. The van der Waals surface area contributed by atoms with Gasteiger partial charge in [0, 0.05) is 13.1 Å². The van der Waals surface area contributed by atoms with Crippen LogP contribution in [0.15, 0.2) is 24.4 Å². The molecule has 0 aromatic carbocycles. The molecule has 0 saturated carbocycles. The molecule has 160 valence electrons. The predicted octanol–water partition coefficient (Wildman–Crippen LogP) is 6.21. The van der Waals surface area contributed by atoms with Crippen LogP contribution in [0.3, 0.4) is 0 Å². The van der Waals surface area contributed by atoms with E-state index in [2.05, 4.69) is 19.1 Å². The summed E-state index contributed by atoms with van der Waals surface area (Å²) in [5.74, 6) is 0. The lowest BCUT2D eigenvalue weighted by Crippen LogP contribution is -2.32. The van der Waals surface area contributed by atoms with Crippen molar-refractivity contribution in [2.24, 2.45) is 0 Å². The van der Waals surface area contributed by atoms with Crippen LogP contribution in [0, 0.1) is 0 Å². The van der Waals surface area contributed by atoms with E-state index in [1.165, 1.54) is 77.0 Å². The van der Waals surface area contributed by atoms with Crippen LogP contribution < -0.4 is 0 Å². The zero-order valence-electron chi connectivity index (χ0n) is 18.4. The Hall–Kier alpha value is -0.800. The smallest absolute Gasteiger partial charge is 0.0686 e. The van der Waals surface area contributed by atoms with Gasteiger partial charge in [0.15, 0.2) is 0 Å². The molecule has 2 N–H and O–H groups in total. The Labute approximate surface area is 169 Å². The van der Waals surface area contributed by atoms with Crippen molar-refractivity contribution < 1.29 is 10.2 Å². The van der Waals surface area contributed by atoms with Crippen molar-refractivity contribution in [1.82, 2.24) is 4.90 Å². The van der Waals surface area contributed by atoms with Gasteiger partial charge in [-0.05, 0) is 39.0 Å². The highest BCUT2D eigenvalue weighted by atomic mass is 16.3. The van der Waals surface area contributed by atoms with E-state index in [1.807, 2.05) is 17.2 Å². The van der Waals surface area contributed by atoms with Gasteiger partial charge in [0.1, 0.15) is 0 Å². The number of hydrogen-bond donors (Lipinski definition) is 2. The van der Waals surface area contributed by atoms with Crippen LogP contribution in [-0.2, 0) is 0 Å². The fourth-order valence-electron chi connectivity index (χ4n) is 3.32. The highest BCUT2D eigenvalue weighted by Gasteiger charge is 2.06. The molecule has 0 fully saturated rings. The number of allylic oxidation sites excluding steroid dienone is 3. The summed E-state index contributed by atoms with van der Waals surface area (Å²) in [6, 6.07) is 0. The van der Waals surface area contributed by atoms with Crippen molar-refractivity contribution in [1.29, 1.82) is 0 Å². The number of nitrogens with zero attached hydrogens (tertiary/aromatic N) is 1. The van der Waals surface area contributed by atoms with Crippen LogP contribution in [0.5, 0.6) is 0 Å². The van der Waals surface area contributed by atoms with Gasteiger partial charge in [0.25, 0.3) is 0 Å². The minimum absolute atomic E-state index is 0.390. The van der Waals surface area contributed by atoms with Crippen LogP contribution in [0.25, 0.3) is 0 Å². The van der Waals surface area contributed by atoms with Gasteiger partial charge in [0.05, 0.1) is 12.2 Å². The number of aliphatic hydroxyl groups is 2. The summed E-state index contributed by atoms with van der Waals surface area (Å²) in [6.07, 6.45) is 25.3. The zero-order chi connectivity index (χ0) is 20.2. The van der Waals surface area contributed by atoms with Gasteiger partial charge in [-0.3, -0.25) is 0 Å². The number of unbranched alkanes of at least 4 members (excludes halogenated alkanes) is 12. The van der Waals surface area contributed by atoms with Crippen LogP contribution in [-0.4, -0.2) is 40.4 Å². The molecule has 0 bridgehead atoms. The fourth-order valence-corrected chi connectivity index (χ4v) is 3.32. The monoisotopic (exact) mass is 381 g/mol. The summed E-state index contributed by atoms with van der Waals surface area (Å²) in [7, 11) is 0. The van der Waals surface area contributed by atoms with Gasteiger partial charge in [0.2, 0.25) is 0 Å². The third-order valence-corrected chi connectivity index (χ3v) is 4.77. The number of aliphatic hydroxyl groups excluding tert-OH is 2. The topological polar surface area (TPSA) is 43.7 Å². The average Bonchev–Trinajstić information content (AvgIpc) is 2.60. The molecule has 0 spiro atoms. The van der Waals surface area contributed by atoms with Crippen molar-refractivity contribution in [2.45, 2.75) is 116 Å². The van der Waals surface area contributed by atoms with E-state index in [-0.39, 0.29) is 0 Å². The molecule has 0 aliphatic heterocycles. The Balaban J connectivity index is 3.52. The maximum Gasteiger partial charge on any atom is 0.0686 e. The van der Waals surface area contributed by atoms with Gasteiger partial charge in [-0.25, -0.2) is 0 Å². The third-order valence-electron chi connectivity index (χ3n) is 4.77. The van der Waals surface area contributed by atoms with Gasteiger partial charge in [-0.15, -0.1) is 0 Å². The molecule has 2 atom stereocenters. The van der Waals surface area contributed by atoms with Gasteiger partial charge in [-0.1, -0.05) is 89.7 Å². The van der Waals surface area contributed by atoms with Gasteiger partial charge >= 0.3 is 0 Å². The molecule has 3 heteroatoms. The summed E-state index contributed by atoms with van der Waals surface area (Å²) in [5.41, 5.74) is 0. The maximum atomic E-state index is 9.50. The molecule has 0 aromatic heterocycles. The first kappa shape index (κ1) is 26.2. The largest absolute Gasteiger partial charge is 0.392 e. The van der Waals surface area contributed by atoms with Crippen molar-refractivity contribution >= 4 is 0 Å². The van der Waals surface area contributed by atoms with Crippen LogP contribution in [0.1, 0.15) is 104 Å². The molecule has 0 aromatic rings. The first-order chi connectivity index (χ1) is 13.1. The Morgan fingerprint density at radius 1 is 0.667 bits per heavy atom. The second-order valence-corrected chi connectivity index (χ2v) is 8.10. The van der Waals surface area contributed by atoms with Gasteiger partial charge in [-0.2, -0.15) is 0 Å². The lowest BCUT2D eigenvalue weighted by atomic mass is 10.0. The first-order valence-corrected chi connectivity index (χ1v) is 11.5. The Bertz CT molecular complexity index is 340. The zero-order valence-corrected chi connectivity index (χ0v) is 18.4. The average molecular weight is 382 g/mol. The van der Waals surface area contributed by atoms with Crippen LogP contribution in [0.4, 0.5) is 0 Å². The second kappa shape index (κ2) is 19.9. The molecule has 0 radical (unpaired) electrons. The molecular weight excluding hydrogens is 334 g/mol. The highest BCUT2D eigenvalue weighted by molar-refractivity contribution is 5.02. The fraction of sp³-hybridized carbons (Fsp3) is 0.833. The summed E-state index contributed by atoms with van der Waals surface area (Å²) in [6.45, 7) is 6.92. The van der Waals surface area contributed by atoms with Crippen molar-refractivity contribution in [3.8, 4) is 0 Å². The quantitative estimate of drug-likeness (QED) is 0.206.